The Balaban J connectivity index is 2.97. The van der Waals surface area contributed by atoms with Crippen molar-refractivity contribution in [1.29, 1.82) is 0 Å². The van der Waals surface area contributed by atoms with Gasteiger partial charge in [0.15, 0.2) is 0 Å². The van der Waals surface area contributed by atoms with Gasteiger partial charge in [0.1, 0.15) is 5.78 Å². The molecule has 1 atom stereocenters. The van der Waals surface area contributed by atoms with E-state index in [0.29, 0.717) is 6.42 Å². The molecule has 1 N–H and O–H groups in total. The maximum atomic E-state index is 10.5. The predicted molar refractivity (Wildman–Crippen MR) is 45.4 cm³/mol. The fourth-order valence-electron chi connectivity index (χ4n) is 0.990. The van der Waals surface area contributed by atoms with Crippen LogP contribution in [0.25, 0.3) is 0 Å². The zero-order valence-electron chi connectivity index (χ0n) is 7.47. The van der Waals surface area contributed by atoms with Crippen molar-refractivity contribution in [3.63, 3.8) is 0 Å². The highest BCUT2D eigenvalue weighted by Crippen LogP contribution is 2.05. The van der Waals surface area contributed by atoms with Crippen LogP contribution >= 0.6 is 0 Å². The number of Topliss-reactive ketones (excluding diaryl/α,β-unsaturated/α-hetero) is 1. The summed E-state index contributed by atoms with van der Waals surface area (Å²) in [6.07, 6.45) is 4.43. The molecular weight excluding hydrogens is 140 g/mol. The van der Waals surface area contributed by atoms with Gasteiger partial charge in [0.05, 0.1) is 6.10 Å². The fourth-order valence-corrected chi connectivity index (χ4v) is 0.990. The molecule has 0 amide bonds. The lowest BCUT2D eigenvalue weighted by Crippen LogP contribution is -1.98. The Bertz CT molecular complexity index is 108. The van der Waals surface area contributed by atoms with Crippen molar-refractivity contribution >= 4 is 5.78 Å². The molecule has 0 aromatic carbocycles. The maximum absolute atomic E-state index is 10.5. The summed E-state index contributed by atoms with van der Waals surface area (Å²) in [4.78, 5) is 10.5. The molecule has 0 spiro atoms. The lowest BCUT2D eigenvalue weighted by molar-refractivity contribution is -0.117. The highest BCUT2D eigenvalue weighted by atomic mass is 16.3. The third-order valence-corrected chi connectivity index (χ3v) is 1.65. The molecule has 0 aliphatic rings. The number of aliphatic hydroxyl groups excluding tert-OH is 1. The quantitative estimate of drug-likeness (QED) is 0.599. The van der Waals surface area contributed by atoms with Gasteiger partial charge in [0, 0.05) is 6.42 Å². The first-order valence-electron chi connectivity index (χ1n) is 4.30. The Morgan fingerprint density at radius 2 is 2.00 bits per heavy atom. The van der Waals surface area contributed by atoms with Gasteiger partial charge in [-0.25, -0.2) is 0 Å². The summed E-state index contributed by atoms with van der Waals surface area (Å²) in [6.45, 7) is 3.42. The van der Waals surface area contributed by atoms with Crippen molar-refractivity contribution in [3.05, 3.63) is 0 Å². The van der Waals surface area contributed by atoms with Gasteiger partial charge in [0.25, 0.3) is 0 Å². The summed E-state index contributed by atoms with van der Waals surface area (Å²) in [5.74, 6) is 0.266. The molecule has 2 heteroatoms. The highest BCUT2D eigenvalue weighted by molar-refractivity contribution is 5.75. The summed E-state index contributed by atoms with van der Waals surface area (Å²) >= 11 is 0. The molecule has 1 unspecified atom stereocenters. The number of aliphatic hydroxyl groups is 1. The monoisotopic (exact) mass is 158 g/mol. The Morgan fingerprint density at radius 3 is 2.45 bits per heavy atom. The van der Waals surface area contributed by atoms with E-state index in [1.807, 2.05) is 0 Å². The van der Waals surface area contributed by atoms with Gasteiger partial charge < -0.3 is 9.90 Å². The molecule has 0 heterocycles. The fraction of sp³-hybridized carbons (Fsp3) is 0.889. The third kappa shape index (κ3) is 9.63. The molecule has 0 rings (SSSR count). The summed E-state index contributed by atoms with van der Waals surface area (Å²) in [7, 11) is 0. The van der Waals surface area contributed by atoms with E-state index >= 15 is 0 Å². The van der Waals surface area contributed by atoms with Crippen LogP contribution in [0.5, 0.6) is 0 Å². The van der Waals surface area contributed by atoms with E-state index in [0.717, 1.165) is 25.7 Å². The Kier molecular flexibility index (Phi) is 6.13. The Hall–Kier alpha value is -0.370. The van der Waals surface area contributed by atoms with Crippen molar-refractivity contribution in [2.75, 3.05) is 0 Å². The van der Waals surface area contributed by atoms with Gasteiger partial charge in [-0.2, -0.15) is 0 Å². The predicted octanol–water partition coefficient (Wildman–Crippen LogP) is 1.91. The zero-order chi connectivity index (χ0) is 8.69. The van der Waals surface area contributed by atoms with Gasteiger partial charge >= 0.3 is 0 Å². The van der Waals surface area contributed by atoms with Crippen LogP contribution in [-0.4, -0.2) is 17.0 Å². The Morgan fingerprint density at radius 1 is 1.36 bits per heavy atom. The standard InChI is InChI=1S/C9H18O2/c1-8(10)6-4-3-5-7-9(2)11/h8,10H,3-7H2,1-2H3. The van der Waals surface area contributed by atoms with E-state index in [1.54, 1.807) is 13.8 Å². The van der Waals surface area contributed by atoms with E-state index in [4.69, 9.17) is 5.11 Å². The van der Waals surface area contributed by atoms with E-state index in [2.05, 4.69) is 0 Å². The number of ketones is 1. The van der Waals surface area contributed by atoms with Gasteiger partial charge in [-0.1, -0.05) is 12.8 Å². The minimum atomic E-state index is -0.188. The molecule has 0 saturated carbocycles. The second-order valence-corrected chi connectivity index (χ2v) is 3.15. The smallest absolute Gasteiger partial charge is 0.129 e. The zero-order valence-corrected chi connectivity index (χ0v) is 7.47. The average Bonchev–Trinajstić information content (AvgIpc) is 1.85. The minimum absolute atomic E-state index is 0.188. The molecule has 11 heavy (non-hydrogen) atoms. The summed E-state index contributed by atoms with van der Waals surface area (Å²) in [5.41, 5.74) is 0. The van der Waals surface area contributed by atoms with E-state index in [1.165, 1.54) is 0 Å². The molecule has 0 fully saturated rings. The first-order chi connectivity index (χ1) is 5.13. The van der Waals surface area contributed by atoms with Crippen molar-refractivity contribution in [3.8, 4) is 0 Å². The van der Waals surface area contributed by atoms with Gasteiger partial charge in [-0.3, -0.25) is 0 Å². The van der Waals surface area contributed by atoms with Crippen molar-refractivity contribution < 1.29 is 9.90 Å². The van der Waals surface area contributed by atoms with Crippen LogP contribution < -0.4 is 0 Å². The van der Waals surface area contributed by atoms with Crippen LogP contribution in [0.4, 0.5) is 0 Å². The molecule has 0 radical (unpaired) electrons. The lowest BCUT2D eigenvalue weighted by atomic mass is 10.1. The number of hydrogen-bond donors (Lipinski definition) is 1. The first kappa shape index (κ1) is 10.6. The van der Waals surface area contributed by atoms with Crippen molar-refractivity contribution in [2.24, 2.45) is 0 Å². The van der Waals surface area contributed by atoms with Gasteiger partial charge in [-0.05, 0) is 26.7 Å². The minimum Gasteiger partial charge on any atom is -0.393 e. The Labute approximate surface area is 68.6 Å². The number of carbonyl (C=O) groups is 1. The third-order valence-electron chi connectivity index (χ3n) is 1.65. The SMILES string of the molecule is CC(=O)CCCCCC(C)O. The molecule has 0 saturated heterocycles. The van der Waals surface area contributed by atoms with Crippen LogP contribution in [0.1, 0.15) is 46.0 Å². The van der Waals surface area contributed by atoms with E-state index in [-0.39, 0.29) is 11.9 Å². The van der Waals surface area contributed by atoms with Crippen LogP contribution in [0.2, 0.25) is 0 Å². The number of unbranched alkanes of at least 4 members (excludes halogenated alkanes) is 2. The molecule has 0 aliphatic carbocycles. The molecule has 0 aliphatic heterocycles. The van der Waals surface area contributed by atoms with Crippen LogP contribution in [-0.2, 0) is 4.79 Å². The number of carbonyl (C=O) groups excluding carboxylic acids is 1. The molecule has 0 aromatic heterocycles. The lowest BCUT2D eigenvalue weighted by Gasteiger charge is -2.01. The van der Waals surface area contributed by atoms with E-state index in [9.17, 15) is 4.79 Å². The maximum Gasteiger partial charge on any atom is 0.129 e. The first-order valence-corrected chi connectivity index (χ1v) is 4.30. The number of rotatable bonds is 6. The molecule has 0 aromatic rings. The highest BCUT2D eigenvalue weighted by Gasteiger charge is 1.96. The summed E-state index contributed by atoms with van der Waals surface area (Å²) < 4.78 is 0. The number of hydrogen-bond acceptors (Lipinski definition) is 2. The molecule has 66 valence electrons. The normalized spacial score (nSPS) is 13.0. The van der Waals surface area contributed by atoms with E-state index < -0.39 is 0 Å². The molecular formula is C9H18O2. The van der Waals surface area contributed by atoms with Gasteiger partial charge in [-0.15, -0.1) is 0 Å². The van der Waals surface area contributed by atoms with Crippen LogP contribution in [0.3, 0.4) is 0 Å². The average molecular weight is 158 g/mol. The van der Waals surface area contributed by atoms with Crippen LogP contribution in [0, 0.1) is 0 Å². The van der Waals surface area contributed by atoms with Crippen molar-refractivity contribution in [1.82, 2.24) is 0 Å². The summed E-state index contributed by atoms with van der Waals surface area (Å²) in [5, 5.41) is 8.89. The van der Waals surface area contributed by atoms with Crippen molar-refractivity contribution in [2.45, 2.75) is 52.1 Å². The second-order valence-electron chi connectivity index (χ2n) is 3.15. The summed E-state index contributed by atoms with van der Waals surface area (Å²) in [6, 6.07) is 0. The molecule has 0 bridgehead atoms. The second kappa shape index (κ2) is 6.35. The topological polar surface area (TPSA) is 37.3 Å². The molecule has 2 nitrogen and oxygen atoms in total. The largest absolute Gasteiger partial charge is 0.393 e. The van der Waals surface area contributed by atoms with Crippen LogP contribution in [0.15, 0.2) is 0 Å². The van der Waals surface area contributed by atoms with Gasteiger partial charge in [0.2, 0.25) is 0 Å².